The van der Waals surface area contributed by atoms with E-state index in [1.54, 1.807) is 42.5 Å². The zero-order valence-electron chi connectivity index (χ0n) is 22.3. The minimum atomic E-state index is -0.240. The van der Waals surface area contributed by atoms with E-state index in [2.05, 4.69) is 51.3 Å². The fourth-order valence-corrected chi connectivity index (χ4v) is 5.71. The van der Waals surface area contributed by atoms with Crippen LogP contribution in [0.5, 0.6) is 0 Å². The van der Waals surface area contributed by atoms with Crippen LogP contribution in [0.15, 0.2) is 79.0 Å². The molecule has 1 amide bonds. The molecule has 1 aliphatic carbocycles. The van der Waals surface area contributed by atoms with Crippen molar-refractivity contribution in [2.45, 2.75) is 25.9 Å². The normalized spacial score (nSPS) is 15.7. The SMILES string of the molecule is CCCC(NC(=O)c1ccc2c(c1)C(=O)c1ccccc1C2=O)N1CCN(c2cccc3cccnc23)CC1.Cl. The van der Waals surface area contributed by atoms with E-state index in [-0.39, 0.29) is 41.6 Å². The number of para-hydroxylation sites is 1. The lowest BCUT2D eigenvalue weighted by atomic mass is 9.83. The first-order valence-corrected chi connectivity index (χ1v) is 13.5. The lowest BCUT2D eigenvalue weighted by Crippen LogP contribution is -2.56. The van der Waals surface area contributed by atoms with Crippen molar-refractivity contribution in [1.29, 1.82) is 0 Å². The van der Waals surface area contributed by atoms with Crippen molar-refractivity contribution in [1.82, 2.24) is 15.2 Å². The fourth-order valence-electron chi connectivity index (χ4n) is 5.71. The van der Waals surface area contributed by atoms with Crippen molar-refractivity contribution < 1.29 is 14.4 Å². The number of piperazine rings is 1. The molecule has 1 fully saturated rings. The second-order valence-electron chi connectivity index (χ2n) is 10.1. The summed E-state index contributed by atoms with van der Waals surface area (Å²) in [5.74, 6) is -0.648. The van der Waals surface area contributed by atoms with Crippen LogP contribution in [0.3, 0.4) is 0 Å². The van der Waals surface area contributed by atoms with Gasteiger partial charge in [0.1, 0.15) is 0 Å². The fraction of sp³-hybridized carbons (Fsp3) is 0.250. The van der Waals surface area contributed by atoms with Crippen molar-refractivity contribution >= 4 is 46.5 Å². The van der Waals surface area contributed by atoms with Gasteiger partial charge in [-0.3, -0.25) is 24.3 Å². The Balaban J connectivity index is 0.00000323. The second kappa shape index (κ2) is 11.6. The Bertz CT molecular complexity index is 1590. The maximum Gasteiger partial charge on any atom is 0.252 e. The third-order valence-corrected chi connectivity index (χ3v) is 7.75. The first kappa shape index (κ1) is 27.5. The average molecular weight is 555 g/mol. The van der Waals surface area contributed by atoms with Crippen LogP contribution in [0.25, 0.3) is 10.9 Å². The number of hydrogen-bond acceptors (Lipinski definition) is 6. The molecule has 0 saturated carbocycles. The molecule has 2 heterocycles. The third kappa shape index (κ3) is 4.98. The predicted octanol–water partition coefficient (Wildman–Crippen LogP) is 5.11. The maximum atomic E-state index is 13.4. The Morgan fingerprint density at radius 3 is 2.25 bits per heavy atom. The number of pyridine rings is 1. The van der Waals surface area contributed by atoms with Gasteiger partial charge < -0.3 is 10.2 Å². The monoisotopic (exact) mass is 554 g/mol. The number of anilines is 1. The number of carbonyl (C=O) groups is 3. The minimum absolute atomic E-state index is 0. The first-order chi connectivity index (χ1) is 19.0. The molecule has 2 aliphatic rings. The Morgan fingerprint density at radius 2 is 1.52 bits per heavy atom. The standard InChI is InChI=1S/C32H30N4O3.ClH/c1-2-7-28(36-18-16-35(17-19-36)27-12-5-8-21-9-6-15-33-29(21)27)34-32(39)22-13-14-25-26(20-22)31(38)24-11-4-3-10-23(24)30(25)37;/h3-6,8-15,20,28H,2,7,16-19H2,1H3,(H,34,39);1H. The summed E-state index contributed by atoms with van der Waals surface area (Å²) < 4.78 is 0. The summed E-state index contributed by atoms with van der Waals surface area (Å²) in [4.78, 5) is 48.7. The molecule has 3 aromatic carbocycles. The van der Waals surface area contributed by atoms with E-state index in [4.69, 9.17) is 0 Å². The maximum absolute atomic E-state index is 13.4. The Morgan fingerprint density at radius 1 is 0.850 bits per heavy atom. The Labute approximate surface area is 239 Å². The van der Waals surface area contributed by atoms with E-state index in [0.29, 0.717) is 22.3 Å². The highest BCUT2D eigenvalue weighted by Gasteiger charge is 2.31. The van der Waals surface area contributed by atoms with E-state index in [1.165, 1.54) is 0 Å². The number of aromatic nitrogens is 1. The van der Waals surface area contributed by atoms with Crippen LogP contribution in [0.2, 0.25) is 0 Å². The van der Waals surface area contributed by atoms with Crippen LogP contribution >= 0.6 is 12.4 Å². The summed E-state index contributed by atoms with van der Waals surface area (Å²) in [5, 5.41) is 4.33. The quantitative estimate of drug-likeness (QED) is 0.314. The third-order valence-electron chi connectivity index (χ3n) is 7.75. The predicted molar refractivity (Wildman–Crippen MR) is 159 cm³/mol. The highest BCUT2D eigenvalue weighted by molar-refractivity contribution is 6.28. The molecule has 6 rings (SSSR count). The molecular weight excluding hydrogens is 524 g/mol. The van der Waals surface area contributed by atoms with Crippen molar-refractivity contribution in [2.75, 3.05) is 31.1 Å². The molecule has 1 N–H and O–H groups in total. The molecule has 1 atom stereocenters. The van der Waals surface area contributed by atoms with E-state index >= 15 is 0 Å². The first-order valence-electron chi connectivity index (χ1n) is 13.5. The van der Waals surface area contributed by atoms with Crippen LogP contribution in [-0.4, -0.2) is 59.7 Å². The van der Waals surface area contributed by atoms with Crippen LogP contribution in [0, 0.1) is 0 Å². The number of amides is 1. The minimum Gasteiger partial charge on any atom is -0.367 e. The van der Waals surface area contributed by atoms with Crippen molar-refractivity contribution in [3.63, 3.8) is 0 Å². The van der Waals surface area contributed by atoms with Crippen molar-refractivity contribution in [3.8, 4) is 0 Å². The van der Waals surface area contributed by atoms with Gasteiger partial charge in [0, 0.05) is 65.6 Å². The summed E-state index contributed by atoms with van der Waals surface area (Å²) in [6.45, 7) is 5.39. The topological polar surface area (TPSA) is 82.6 Å². The van der Waals surface area contributed by atoms with Crippen LogP contribution in [0.1, 0.15) is 62.0 Å². The number of hydrogen-bond donors (Lipinski definition) is 1. The number of ketones is 2. The number of rotatable bonds is 6. The summed E-state index contributed by atoms with van der Waals surface area (Å²) in [6.07, 6.45) is 3.45. The second-order valence-corrected chi connectivity index (χ2v) is 10.1. The van der Waals surface area contributed by atoms with Gasteiger partial charge in [0.15, 0.2) is 11.6 Å². The molecule has 8 heteroatoms. The number of benzene rings is 3. The highest BCUT2D eigenvalue weighted by atomic mass is 35.5. The molecule has 40 heavy (non-hydrogen) atoms. The lowest BCUT2D eigenvalue weighted by Gasteiger charge is -2.40. The molecule has 4 aromatic rings. The summed E-state index contributed by atoms with van der Waals surface area (Å²) in [5.41, 5.74) is 3.96. The van der Waals surface area contributed by atoms with E-state index < -0.39 is 0 Å². The van der Waals surface area contributed by atoms with Gasteiger partial charge in [0.25, 0.3) is 5.91 Å². The zero-order valence-corrected chi connectivity index (χ0v) is 23.1. The number of halogens is 1. The van der Waals surface area contributed by atoms with Crippen LogP contribution in [0.4, 0.5) is 5.69 Å². The number of carbonyl (C=O) groups excluding carboxylic acids is 3. The molecule has 1 aromatic heterocycles. The van der Waals surface area contributed by atoms with Crippen LogP contribution in [-0.2, 0) is 0 Å². The molecule has 7 nitrogen and oxygen atoms in total. The largest absolute Gasteiger partial charge is 0.367 e. The van der Waals surface area contributed by atoms with Crippen molar-refractivity contribution in [3.05, 3.63) is 107 Å². The van der Waals surface area contributed by atoms with Gasteiger partial charge in [-0.25, -0.2) is 0 Å². The molecule has 1 unspecified atom stereocenters. The van der Waals surface area contributed by atoms with E-state index in [0.717, 1.165) is 55.6 Å². The molecule has 0 bridgehead atoms. The average Bonchev–Trinajstić information content (AvgIpc) is 2.99. The number of fused-ring (bicyclic) bond motifs is 3. The summed E-state index contributed by atoms with van der Waals surface area (Å²) >= 11 is 0. The van der Waals surface area contributed by atoms with Gasteiger partial charge in [0.2, 0.25) is 0 Å². The van der Waals surface area contributed by atoms with Gasteiger partial charge in [-0.05, 0) is 36.8 Å². The zero-order chi connectivity index (χ0) is 26.9. The van der Waals surface area contributed by atoms with Gasteiger partial charge in [0.05, 0.1) is 17.4 Å². The van der Waals surface area contributed by atoms with Crippen LogP contribution < -0.4 is 10.2 Å². The van der Waals surface area contributed by atoms with E-state index in [1.807, 2.05) is 12.3 Å². The lowest BCUT2D eigenvalue weighted by molar-refractivity contribution is 0.0824. The Kier molecular flexibility index (Phi) is 7.96. The van der Waals surface area contributed by atoms with Gasteiger partial charge in [-0.15, -0.1) is 12.4 Å². The molecule has 1 saturated heterocycles. The van der Waals surface area contributed by atoms with Gasteiger partial charge in [-0.1, -0.05) is 55.8 Å². The molecule has 0 spiro atoms. The molecule has 1 aliphatic heterocycles. The summed E-state index contributed by atoms with van der Waals surface area (Å²) in [6, 6.07) is 22.0. The van der Waals surface area contributed by atoms with Crippen molar-refractivity contribution in [2.24, 2.45) is 0 Å². The van der Waals surface area contributed by atoms with Gasteiger partial charge >= 0.3 is 0 Å². The molecule has 204 valence electrons. The molecular formula is C32H31ClN4O3. The van der Waals surface area contributed by atoms with E-state index in [9.17, 15) is 14.4 Å². The smallest absolute Gasteiger partial charge is 0.252 e. The molecule has 0 radical (unpaired) electrons. The number of nitrogens with one attached hydrogen (secondary N) is 1. The Hall–Kier alpha value is -4.07. The van der Waals surface area contributed by atoms with Gasteiger partial charge in [-0.2, -0.15) is 0 Å². The summed E-state index contributed by atoms with van der Waals surface area (Å²) in [7, 11) is 0. The highest BCUT2D eigenvalue weighted by Crippen LogP contribution is 2.29. The number of nitrogens with zero attached hydrogens (tertiary/aromatic N) is 3.